The van der Waals surface area contributed by atoms with E-state index in [0.717, 1.165) is 42.9 Å². The van der Waals surface area contributed by atoms with Crippen molar-refractivity contribution >= 4 is 34.9 Å². The van der Waals surface area contributed by atoms with E-state index in [1.165, 1.54) is 12.1 Å². The number of aromatic nitrogens is 1. The molecule has 1 unspecified atom stereocenters. The van der Waals surface area contributed by atoms with E-state index in [1.54, 1.807) is 19.2 Å². The Morgan fingerprint density at radius 1 is 1.14 bits per heavy atom. The van der Waals surface area contributed by atoms with Crippen LogP contribution in [0.1, 0.15) is 24.2 Å². The predicted molar refractivity (Wildman–Crippen MR) is 137 cm³/mol. The molecule has 4 rings (SSSR count). The van der Waals surface area contributed by atoms with Crippen LogP contribution in [0.5, 0.6) is 5.75 Å². The van der Waals surface area contributed by atoms with E-state index < -0.39 is 11.9 Å². The lowest BCUT2D eigenvalue weighted by molar-refractivity contribution is -0.132. The normalized spacial score (nSPS) is 15.2. The average Bonchev–Trinajstić information content (AvgIpc) is 2.83. The number of nitrogens with two attached hydrogens (primary N) is 1. The molecule has 1 saturated heterocycles. The van der Waals surface area contributed by atoms with E-state index in [2.05, 4.69) is 16.9 Å². The van der Waals surface area contributed by atoms with E-state index in [1.807, 2.05) is 29.2 Å². The van der Waals surface area contributed by atoms with E-state index in [9.17, 15) is 9.18 Å². The van der Waals surface area contributed by atoms with Gasteiger partial charge in [0.05, 0.1) is 11.4 Å². The van der Waals surface area contributed by atoms with Gasteiger partial charge >= 0.3 is 0 Å². The molecule has 0 radical (unpaired) electrons. The van der Waals surface area contributed by atoms with Gasteiger partial charge in [-0.15, -0.1) is 0 Å². The number of hydrogen-bond donors (Lipinski definition) is 1. The third-order valence-corrected chi connectivity index (χ3v) is 6.86. The summed E-state index contributed by atoms with van der Waals surface area (Å²) in [6.45, 7) is 4.97. The summed E-state index contributed by atoms with van der Waals surface area (Å²) >= 11 is 12.4. The van der Waals surface area contributed by atoms with Crippen LogP contribution in [-0.2, 0) is 11.2 Å². The number of amides is 1. The summed E-state index contributed by atoms with van der Waals surface area (Å²) in [5, 5.41) is 0.203. The molecular weight excluding hydrogens is 490 g/mol. The number of benzene rings is 2. The Hall–Kier alpha value is -2.87. The molecule has 2 aromatic carbocycles. The van der Waals surface area contributed by atoms with Gasteiger partial charge in [-0.2, -0.15) is 0 Å². The number of likely N-dealkylation sites (N-methyl/N-ethyl adjacent to an activating group) is 1. The first-order valence-corrected chi connectivity index (χ1v) is 12.1. The van der Waals surface area contributed by atoms with Gasteiger partial charge in [-0.05, 0) is 43.3 Å². The first-order chi connectivity index (χ1) is 16.7. The molecule has 1 atom stereocenters. The number of pyridine rings is 1. The molecule has 0 saturated carbocycles. The molecule has 1 aliphatic rings. The molecule has 9 heteroatoms. The van der Waals surface area contributed by atoms with Crippen LogP contribution >= 0.6 is 23.2 Å². The molecule has 6 nitrogen and oxygen atoms in total. The molecule has 2 heterocycles. The van der Waals surface area contributed by atoms with Crippen LogP contribution in [0.15, 0.2) is 48.7 Å². The monoisotopic (exact) mass is 516 g/mol. The summed E-state index contributed by atoms with van der Waals surface area (Å²) in [4.78, 5) is 21.2. The van der Waals surface area contributed by atoms with Crippen molar-refractivity contribution in [3.63, 3.8) is 0 Å². The van der Waals surface area contributed by atoms with Crippen molar-refractivity contribution in [2.24, 2.45) is 0 Å². The number of nitrogen functional groups attached to an aromatic ring is 1. The minimum Gasteiger partial charge on any atom is -0.482 e. The summed E-state index contributed by atoms with van der Waals surface area (Å²) in [6, 6.07) is 12.2. The van der Waals surface area contributed by atoms with Crippen molar-refractivity contribution in [1.29, 1.82) is 0 Å². The first kappa shape index (κ1) is 25.2. The number of rotatable bonds is 6. The minimum absolute atomic E-state index is 0.0922. The number of halogens is 3. The second-order valence-corrected chi connectivity index (χ2v) is 9.47. The fourth-order valence-corrected chi connectivity index (χ4v) is 4.75. The number of anilines is 1. The maximum absolute atomic E-state index is 14.0. The number of carbonyl (C=O) groups excluding carboxylic acids is 1. The second kappa shape index (κ2) is 10.8. The Balaban J connectivity index is 1.53. The van der Waals surface area contributed by atoms with Crippen LogP contribution in [0.2, 0.25) is 10.0 Å². The third kappa shape index (κ3) is 5.86. The SMILES string of the molecule is CC(Oc1cc(-c2cccc(CC(=O)N3CCN(C)CC3)c2)cnc1N)c1c(Cl)ccc(F)c1Cl. The Labute approximate surface area is 214 Å². The van der Waals surface area contributed by atoms with Crippen molar-refractivity contribution in [2.75, 3.05) is 39.0 Å². The fourth-order valence-electron chi connectivity index (χ4n) is 4.08. The van der Waals surface area contributed by atoms with Crippen molar-refractivity contribution in [3.8, 4) is 16.9 Å². The van der Waals surface area contributed by atoms with Gasteiger partial charge in [0.2, 0.25) is 5.91 Å². The Kier molecular flexibility index (Phi) is 7.79. The van der Waals surface area contributed by atoms with Gasteiger partial charge in [0.1, 0.15) is 11.9 Å². The molecule has 184 valence electrons. The maximum Gasteiger partial charge on any atom is 0.227 e. The topological polar surface area (TPSA) is 71.7 Å². The third-order valence-electron chi connectivity index (χ3n) is 6.14. The van der Waals surface area contributed by atoms with E-state index in [4.69, 9.17) is 33.7 Å². The first-order valence-electron chi connectivity index (χ1n) is 11.3. The molecule has 1 amide bonds. The zero-order valence-corrected chi connectivity index (χ0v) is 21.1. The van der Waals surface area contributed by atoms with Crippen molar-refractivity contribution in [3.05, 3.63) is 75.7 Å². The highest BCUT2D eigenvalue weighted by molar-refractivity contribution is 6.36. The van der Waals surface area contributed by atoms with Crippen LogP contribution in [0, 0.1) is 5.82 Å². The minimum atomic E-state index is -0.669. The molecule has 0 spiro atoms. The fraction of sp³-hybridized carbons (Fsp3) is 0.308. The molecule has 1 aromatic heterocycles. The Morgan fingerprint density at radius 2 is 1.89 bits per heavy atom. The van der Waals surface area contributed by atoms with Crippen LogP contribution in [0.25, 0.3) is 11.1 Å². The highest BCUT2D eigenvalue weighted by atomic mass is 35.5. The lowest BCUT2D eigenvalue weighted by Crippen LogP contribution is -2.47. The standard InChI is InChI=1S/C26H27Cl2FN4O2/c1-16(24-20(27)6-7-21(29)25(24)28)35-22-14-19(15-31-26(22)30)18-5-3-4-17(12-18)13-23(34)33-10-8-32(2)9-11-33/h3-7,12,14-16H,8-11,13H2,1-2H3,(H2,30,31). The Bertz CT molecular complexity index is 1230. The van der Waals surface area contributed by atoms with Gasteiger partial charge in [0.15, 0.2) is 11.6 Å². The predicted octanol–water partition coefficient (Wildman–Crippen LogP) is 5.23. The van der Waals surface area contributed by atoms with E-state index in [-0.39, 0.29) is 16.7 Å². The van der Waals surface area contributed by atoms with Crippen molar-refractivity contribution < 1.29 is 13.9 Å². The van der Waals surface area contributed by atoms with Crippen LogP contribution in [-0.4, -0.2) is 53.9 Å². The Morgan fingerprint density at radius 3 is 2.63 bits per heavy atom. The molecule has 1 fully saturated rings. The molecule has 1 aliphatic heterocycles. The van der Waals surface area contributed by atoms with Gasteiger partial charge in [-0.1, -0.05) is 47.5 Å². The van der Waals surface area contributed by atoms with Gasteiger partial charge in [-0.3, -0.25) is 4.79 Å². The summed E-state index contributed by atoms with van der Waals surface area (Å²) < 4.78 is 20.0. The van der Waals surface area contributed by atoms with Crippen LogP contribution < -0.4 is 10.5 Å². The molecule has 35 heavy (non-hydrogen) atoms. The second-order valence-electron chi connectivity index (χ2n) is 8.69. The molecule has 0 aliphatic carbocycles. The van der Waals surface area contributed by atoms with E-state index in [0.29, 0.717) is 22.8 Å². The van der Waals surface area contributed by atoms with Crippen LogP contribution in [0.4, 0.5) is 10.2 Å². The molecule has 3 aromatic rings. The van der Waals surface area contributed by atoms with Gasteiger partial charge in [-0.25, -0.2) is 9.37 Å². The van der Waals surface area contributed by atoms with Crippen molar-refractivity contribution in [2.45, 2.75) is 19.4 Å². The van der Waals surface area contributed by atoms with Gasteiger partial charge in [0, 0.05) is 48.5 Å². The average molecular weight is 517 g/mol. The summed E-state index contributed by atoms with van der Waals surface area (Å²) in [5.41, 5.74) is 8.95. The number of nitrogens with zero attached hydrogens (tertiary/aromatic N) is 3. The smallest absolute Gasteiger partial charge is 0.227 e. The maximum atomic E-state index is 14.0. The highest BCUT2D eigenvalue weighted by Crippen LogP contribution is 2.37. The molecule has 2 N–H and O–H groups in total. The zero-order chi connectivity index (χ0) is 25.1. The number of piperazine rings is 1. The summed E-state index contributed by atoms with van der Waals surface area (Å²) in [5.74, 6) is 0.0487. The highest BCUT2D eigenvalue weighted by Gasteiger charge is 2.21. The largest absolute Gasteiger partial charge is 0.482 e. The molecule has 0 bridgehead atoms. The number of hydrogen-bond acceptors (Lipinski definition) is 5. The summed E-state index contributed by atoms with van der Waals surface area (Å²) in [7, 11) is 2.06. The van der Waals surface area contributed by atoms with Gasteiger partial charge in [0.25, 0.3) is 0 Å². The van der Waals surface area contributed by atoms with Crippen LogP contribution in [0.3, 0.4) is 0 Å². The molecular formula is C26H27Cl2FN4O2. The van der Waals surface area contributed by atoms with E-state index >= 15 is 0 Å². The van der Waals surface area contributed by atoms with Crippen molar-refractivity contribution in [1.82, 2.24) is 14.8 Å². The lowest BCUT2D eigenvalue weighted by Gasteiger charge is -2.32. The van der Waals surface area contributed by atoms with Gasteiger partial charge < -0.3 is 20.3 Å². The summed E-state index contributed by atoms with van der Waals surface area (Å²) in [6.07, 6.45) is 1.31. The zero-order valence-electron chi connectivity index (χ0n) is 19.6. The number of carbonyl (C=O) groups is 1. The number of ether oxygens (including phenoxy) is 1. The lowest BCUT2D eigenvalue weighted by atomic mass is 10.0. The quantitative estimate of drug-likeness (QED) is 0.454.